The van der Waals surface area contributed by atoms with Crippen LogP contribution in [0, 0.1) is 11.8 Å². The number of hydrogen-bond acceptors (Lipinski definition) is 8. The van der Waals surface area contributed by atoms with Crippen molar-refractivity contribution in [3.63, 3.8) is 0 Å². The SMILES string of the molecule is CC(O)CN1CCc2c(nc(C(=O)Nc3cccc(-c4cccc(NC(=O)c5nc6c(n5C)CCN(C[C@H]5CC[C@@H](C(=O)O)CC5)C6)c4Cl)c3Cl)n2C)C1. The number of rotatable bonds is 10. The molecule has 0 radical (unpaired) electrons. The molecule has 2 amide bonds. The van der Waals surface area contributed by atoms with Gasteiger partial charge in [0.25, 0.3) is 11.8 Å². The molecule has 2 aromatic heterocycles. The first-order chi connectivity index (χ1) is 25.9. The van der Waals surface area contributed by atoms with Crippen LogP contribution < -0.4 is 10.6 Å². The zero-order valence-electron chi connectivity index (χ0n) is 30.7. The molecule has 1 saturated carbocycles. The molecule has 1 unspecified atom stereocenters. The number of carboxylic acid groups (broad SMARTS) is 1. The summed E-state index contributed by atoms with van der Waals surface area (Å²) in [5.74, 6) is -0.674. The number of benzene rings is 2. The number of nitrogens with one attached hydrogen (secondary N) is 2. The Balaban J connectivity index is 1.03. The third-order valence-corrected chi connectivity index (χ3v) is 11.9. The predicted molar refractivity (Wildman–Crippen MR) is 207 cm³/mol. The third kappa shape index (κ3) is 7.78. The number of nitrogens with zero attached hydrogens (tertiary/aromatic N) is 6. The zero-order valence-corrected chi connectivity index (χ0v) is 32.3. The van der Waals surface area contributed by atoms with Crippen LogP contribution >= 0.6 is 23.2 Å². The fraction of sp³-hybridized carbons (Fsp3) is 0.462. The molecule has 13 nitrogen and oxygen atoms in total. The highest BCUT2D eigenvalue weighted by atomic mass is 35.5. The van der Waals surface area contributed by atoms with E-state index in [2.05, 4.69) is 25.4 Å². The highest BCUT2D eigenvalue weighted by Gasteiger charge is 2.31. The van der Waals surface area contributed by atoms with Crippen LogP contribution in [0.1, 0.15) is 76.6 Å². The highest BCUT2D eigenvalue weighted by molar-refractivity contribution is 6.40. The van der Waals surface area contributed by atoms with E-state index < -0.39 is 18.0 Å². The number of β-amino-alcohol motifs (C(OH)–C–C–N with tert-alkyl or cyclic N) is 1. The summed E-state index contributed by atoms with van der Waals surface area (Å²) >= 11 is 13.9. The molecule has 3 aliphatic rings. The molecule has 15 heteroatoms. The molecular weight excluding hydrogens is 731 g/mol. The average Bonchev–Trinajstić information content (AvgIpc) is 3.65. The van der Waals surface area contributed by atoms with Gasteiger partial charge in [-0.2, -0.15) is 0 Å². The van der Waals surface area contributed by atoms with Crippen molar-refractivity contribution in [2.24, 2.45) is 25.9 Å². The summed E-state index contributed by atoms with van der Waals surface area (Å²) in [6.07, 6.45) is 4.32. The summed E-state index contributed by atoms with van der Waals surface area (Å²) in [6, 6.07) is 10.6. The van der Waals surface area contributed by atoms with Crippen LogP contribution in [0.4, 0.5) is 11.4 Å². The first-order valence-electron chi connectivity index (χ1n) is 18.5. The average molecular weight is 778 g/mol. The van der Waals surface area contributed by atoms with Crippen molar-refractivity contribution in [2.75, 3.05) is 36.8 Å². The molecule has 1 aliphatic carbocycles. The second kappa shape index (κ2) is 15.8. The second-order valence-corrected chi connectivity index (χ2v) is 15.6. The van der Waals surface area contributed by atoms with Crippen molar-refractivity contribution in [1.82, 2.24) is 28.9 Å². The quantitative estimate of drug-likeness (QED) is 0.161. The first-order valence-corrected chi connectivity index (χ1v) is 19.3. The number of hydrogen-bond donors (Lipinski definition) is 4. The van der Waals surface area contributed by atoms with Crippen LogP contribution in [-0.2, 0) is 44.8 Å². The van der Waals surface area contributed by atoms with Gasteiger partial charge >= 0.3 is 5.97 Å². The number of carbonyl (C=O) groups excluding carboxylic acids is 2. The van der Waals surface area contributed by atoms with Gasteiger partial charge in [-0.15, -0.1) is 0 Å². The number of carboxylic acids is 1. The lowest BCUT2D eigenvalue weighted by Gasteiger charge is -2.33. The number of halogens is 2. The van der Waals surface area contributed by atoms with Gasteiger partial charge in [-0.1, -0.05) is 47.5 Å². The van der Waals surface area contributed by atoms with Crippen molar-refractivity contribution in [3.8, 4) is 11.1 Å². The van der Waals surface area contributed by atoms with E-state index in [1.54, 1.807) is 43.3 Å². The Bertz CT molecular complexity index is 2090. The molecular formula is C39H46Cl2N8O5. The number of amides is 2. The maximum Gasteiger partial charge on any atom is 0.306 e. The lowest BCUT2D eigenvalue weighted by Crippen LogP contribution is -2.36. The topological polar surface area (TPSA) is 158 Å². The minimum Gasteiger partial charge on any atom is -0.481 e. The predicted octanol–water partition coefficient (Wildman–Crippen LogP) is 5.62. The molecule has 2 aromatic carbocycles. The van der Waals surface area contributed by atoms with Crippen LogP contribution in [-0.4, -0.2) is 89.2 Å². The van der Waals surface area contributed by atoms with Crippen molar-refractivity contribution in [3.05, 3.63) is 80.9 Å². The van der Waals surface area contributed by atoms with Gasteiger partial charge in [0.05, 0.1) is 44.8 Å². The van der Waals surface area contributed by atoms with Crippen LogP contribution in [0.5, 0.6) is 0 Å². The van der Waals surface area contributed by atoms with E-state index in [9.17, 15) is 24.6 Å². The largest absolute Gasteiger partial charge is 0.481 e. The van der Waals surface area contributed by atoms with E-state index in [0.29, 0.717) is 53.9 Å². The number of aliphatic hydroxyl groups is 1. The van der Waals surface area contributed by atoms with E-state index >= 15 is 0 Å². The van der Waals surface area contributed by atoms with E-state index in [4.69, 9.17) is 28.2 Å². The van der Waals surface area contributed by atoms with Gasteiger partial charge in [0.1, 0.15) is 0 Å². The zero-order chi connectivity index (χ0) is 38.3. The Kier molecular flexibility index (Phi) is 11.1. The molecule has 0 bridgehead atoms. The van der Waals surface area contributed by atoms with E-state index in [1.807, 2.05) is 23.2 Å². The standard InChI is InChI=1S/C39H46Cl2N8O5/c1-22(50)18-48-16-14-31-29(20-48)42-35(46(31)2)37(51)44-27-8-4-6-25(33(27)40)26-7-5-9-28(34(26)41)45-38(52)36-43-30-21-49(17-15-32(30)47(36)3)19-23-10-12-24(13-11-23)39(53)54/h4-9,22-24,50H,10-21H2,1-3H3,(H,44,51)(H,45,52)(H,53,54)/t22?,23-,24+. The molecule has 4 heterocycles. The molecule has 54 heavy (non-hydrogen) atoms. The van der Waals surface area contributed by atoms with Crippen LogP contribution in [0.15, 0.2) is 36.4 Å². The number of anilines is 2. The number of carbonyl (C=O) groups is 3. The van der Waals surface area contributed by atoms with Crippen molar-refractivity contribution in [2.45, 2.75) is 64.6 Å². The van der Waals surface area contributed by atoms with Crippen molar-refractivity contribution < 1.29 is 24.6 Å². The van der Waals surface area contributed by atoms with Gasteiger partial charge in [-0.25, -0.2) is 9.97 Å². The minimum absolute atomic E-state index is 0.227. The second-order valence-electron chi connectivity index (χ2n) is 14.9. The summed E-state index contributed by atoms with van der Waals surface area (Å²) in [7, 11) is 3.68. The molecule has 7 rings (SSSR count). The summed E-state index contributed by atoms with van der Waals surface area (Å²) < 4.78 is 3.67. The number of aromatic nitrogens is 4. The number of fused-ring (bicyclic) bond motifs is 2. The molecule has 4 N–H and O–H groups in total. The lowest BCUT2D eigenvalue weighted by molar-refractivity contribution is -0.143. The van der Waals surface area contributed by atoms with Gasteiger partial charge in [-0.05, 0) is 50.7 Å². The molecule has 2 aliphatic heterocycles. The molecule has 0 saturated heterocycles. The van der Waals surface area contributed by atoms with E-state index in [-0.39, 0.29) is 27.7 Å². The maximum atomic E-state index is 13.7. The van der Waals surface area contributed by atoms with Crippen molar-refractivity contribution in [1.29, 1.82) is 0 Å². The molecule has 4 aromatic rings. The van der Waals surface area contributed by atoms with E-state index in [1.165, 1.54) is 0 Å². The Morgan fingerprint density at radius 1 is 0.796 bits per heavy atom. The van der Waals surface area contributed by atoms with Crippen LogP contribution in [0.25, 0.3) is 11.1 Å². The summed E-state index contributed by atoms with van der Waals surface area (Å²) in [5.41, 5.74) is 5.66. The monoisotopic (exact) mass is 776 g/mol. The lowest BCUT2D eigenvalue weighted by atomic mass is 9.81. The first kappa shape index (κ1) is 38.0. The third-order valence-electron chi connectivity index (χ3n) is 11.1. The Morgan fingerprint density at radius 2 is 1.28 bits per heavy atom. The van der Waals surface area contributed by atoms with Gasteiger partial charge in [0.2, 0.25) is 0 Å². The van der Waals surface area contributed by atoms with Crippen LogP contribution in [0.2, 0.25) is 10.0 Å². The fourth-order valence-electron chi connectivity index (χ4n) is 8.24. The maximum absolute atomic E-state index is 13.7. The smallest absolute Gasteiger partial charge is 0.306 e. The fourth-order valence-corrected chi connectivity index (χ4v) is 8.79. The summed E-state index contributed by atoms with van der Waals surface area (Å²) in [4.78, 5) is 52.5. The Morgan fingerprint density at radius 3 is 1.76 bits per heavy atom. The Labute approximate surface area is 324 Å². The van der Waals surface area contributed by atoms with Gasteiger partial charge in [0.15, 0.2) is 11.6 Å². The number of aliphatic hydroxyl groups excluding tert-OH is 1. The molecule has 1 atom stereocenters. The number of aliphatic carboxylic acids is 1. The normalized spacial score (nSPS) is 19.5. The van der Waals surface area contributed by atoms with Gasteiger partial charge in [0, 0.05) is 88.7 Å². The highest BCUT2D eigenvalue weighted by Crippen LogP contribution is 2.40. The Hall–Kier alpha value is -4.27. The van der Waals surface area contributed by atoms with Gasteiger partial charge < -0.3 is 30.0 Å². The van der Waals surface area contributed by atoms with E-state index in [0.717, 1.165) is 80.9 Å². The van der Waals surface area contributed by atoms with Crippen molar-refractivity contribution >= 4 is 52.4 Å². The summed E-state index contributed by atoms with van der Waals surface area (Å²) in [5, 5.41) is 25.6. The molecule has 286 valence electrons. The molecule has 0 spiro atoms. The number of imidazole rings is 2. The van der Waals surface area contributed by atoms with Gasteiger partial charge in [-0.3, -0.25) is 24.2 Å². The van der Waals surface area contributed by atoms with Crippen LogP contribution in [0.3, 0.4) is 0 Å². The summed E-state index contributed by atoms with van der Waals surface area (Å²) in [6.45, 7) is 6.02. The molecule has 1 fully saturated rings. The minimum atomic E-state index is -0.690.